The minimum Gasteiger partial charge on any atom is -0.458 e. The van der Waals surface area contributed by atoms with Crippen LogP contribution >= 0.6 is 31.9 Å². The topological polar surface area (TPSA) is 25.2 Å². The fourth-order valence-electron chi connectivity index (χ4n) is 1.70. The second kappa shape index (κ2) is 4.90. The summed E-state index contributed by atoms with van der Waals surface area (Å²) >= 11 is 7.01. The molecule has 1 aromatic carbocycles. The molecule has 0 saturated carbocycles. The zero-order valence-corrected chi connectivity index (χ0v) is 12.4. The van der Waals surface area contributed by atoms with Gasteiger partial charge in [-0.3, -0.25) is 0 Å². The van der Waals surface area contributed by atoms with Crippen LogP contribution in [0.2, 0.25) is 0 Å². The third kappa shape index (κ3) is 2.19. The van der Waals surface area contributed by atoms with Gasteiger partial charge in [0.25, 0.3) is 0 Å². The summed E-state index contributed by atoms with van der Waals surface area (Å²) in [6.07, 6.45) is 0. The van der Waals surface area contributed by atoms with Crippen molar-refractivity contribution in [3.8, 4) is 0 Å². The Morgan fingerprint density at radius 2 is 2.06 bits per heavy atom. The van der Waals surface area contributed by atoms with Gasteiger partial charge in [-0.05, 0) is 47.1 Å². The molecule has 0 aliphatic rings. The monoisotopic (exact) mass is 345 g/mol. The van der Waals surface area contributed by atoms with Crippen molar-refractivity contribution in [1.82, 2.24) is 5.32 Å². The van der Waals surface area contributed by atoms with Crippen molar-refractivity contribution in [2.45, 2.75) is 20.4 Å². The maximum absolute atomic E-state index is 5.86. The van der Waals surface area contributed by atoms with Crippen LogP contribution in [-0.2, 0) is 6.54 Å². The zero-order valence-electron chi connectivity index (χ0n) is 9.23. The molecule has 0 saturated heterocycles. The molecule has 0 aliphatic heterocycles. The Balaban J connectivity index is 2.54. The van der Waals surface area contributed by atoms with Crippen LogP contribution in [0.3, 0.4) is 0 Å². The Morgan fingerprint density at radius 1 is 1.31 bits per heavy atom. The molecule has 2 nitrogen and oxygen atoms in total. The molecule has 2 rings (SSSR count). The molecule has 0 bridgehead atoms. The molecule has 0 fully saturated rings. The van der Waals surface area contributed by atoms with E-state index < -0.39 is 0 Å². The van der Waals surface area contributed by atoms with Crippen LogP contribution in [0.4, 0.5) is 0 Å². The first-order valence-corrected chi connectivity index (χ1v) is 6.79. The largest absolute Gasteiger partial charge is 0.458 e. The minimum atomic E-state index is 0.779. The number of fused-ring (bicyclic) bond motifs is 1. The van der Waals surface area contributed by atoms with Crippen molar-refractivity contribution in [2.75, 3.05) is 6.54 Å². The SMILES string of the molecule is CCNCc1oc2c(Br)cc(Br)cc2c1C. The Hall–Kier alpha value is -0.320. The number of rotatable bonds is 3. The Labute approximate surface area is 112 Å². The molecule has 0 unspecified atom stereocenters. The van der Waals surface area contributed by atoms with Crippen molar-refractivity contribution in [2.24, 2.45) is 0 Å². The lowest BCUT2D eigenvalue weighted by Gasteiger charge is -1.97. The van der Waals surface area contributed by atoms with Gasteiger partial charge in [0.1, 0.15) is 11.3 Å². The zero-order chi connectivity index (χ0) is 11.7. The van der Waals surface area contributed by atoms with Crippen LogP contribution in [0.1, 0.15) is 18.2 Å². The van der Waals surface area contributed by atoms with Gasteiger partial charge in [-0.1, -0.05) is 22.9 Å². The fourth-order valence-corrected chi connectivity index (χ4v) is 3.01. The van der Waals surface area contributed by atoms with Gasteiger partial charge in [-0.2, -0.15) is 0 Å². The molecule has 0 aliphatic carbocycles. The highest BCUT2D eigenvalue weighted by molar-refractivity contribution is 9.11. The molecule has 1 heterocycles. The molecule has 4 heteroatoms. The summed E-state index contributed by atoms with van der Waals surface area (Å²) in [7, 11) is 0. The van der Waals surface area contributed by atoms with E-state index in [0.717, 1.165) is 38.8 Å². The van der Waals surface area contributed by atoms with Crippen LogP contribution in [-0.4, -0.2) is 6.54 Å². The van der Waals surface area contributed by atoms with E-state index in [4.69, 9.17) is 4.42 Å². The predicted molar refractivity (Wildman–Crippen MR) is 73.7 cm³/mol. The predicted octanol–water partition coefficient (Wildman–Crippen LogP) is 4.38. The first-order chi connectivity index (χ1) is 7.63. The lowest BCUT2D eigenvalue weighted by molar-refractivity contribution is 0.515. The number of halogens is 2. The number of nitrogens with one attached hydrogen (secondary N) is 1. The third-order valence-corrected chi connectivity index (χ3v) is 3.64. The van der Waals surface area contributed by atoms with Gasteiger partial charge in [0, 0.05) is 9.86 Å². The van der Waals surface area contributed by atoms with Crippen LogP contribution < -0.4 is 5.32 Å². The summed E-state index contributed by atoms with van der Waals surface area (Å²) in [6, 6.07) is 4.09. The summed E-state index contributed by atoms with van der Waals surface area (Å²) in [5.41, 5.74) is 2.13. The van der Waals surface area contributed by atoms with E-state index in [1.807, 2.05) is 6.07 Å². The molecule has 0 spiro atoms. The van der Waals surface area contributed by atoms with Crippen molar-refractivity contribution in [3.63, 3.8) is 0 Å². The molecule has 2 aromatic rings. The first kappa shape index (κ1) is 12.1. The fraction of sp³-hybridized carbons (Fsp3) is 0.333. The van der Waals surface area contributed by atoms with E-state index in [1.54, 1.807) is 0 Å². The van der Waals surface area contributed by atoms with E-state index in [1.165, 1.54) is 5.56 Å². The van der Waals surface area contributed by atoms with Gasteiger partial charge in [0.05, 0.1) is 11.0 Å². The smallest absolute Gasteiger partial charge is 0.148 e. The third-order valence-electron chi connectivity index (χ3n) is 2.59. The molecule has 86 valence electrons. The molecule has 1 aromatic heterocycles. The van der Waals surface area contributed by atoms with Gasteiger partial charge in [-0.15, -0.1) is 0 Å². The second-order valence-electron chi connectivity index (χ2n) is 3.69. The average Bonchev–Trinajstić information content (AvgIpc) is 2.54. The van der Waals surface area contributed by atoms with E-state index in [-0.39, 0.29) is 0 Å². The van der Waals surface area contributed by atoms with Crippen LogP contribution in [0, 0.1) is 6.92 Å². The Morgan fingerprint density at radius 3 is 2.75 bits per heavy atom. The normalized spacial score (nSPS) is 11.2. The number of benzene rings is 1. The van der Waals surface area contributed by atoms with E-state index in [2.05, 4.69) is 57.1 Å². The van der Waals surface area contributed by atoms with Crippen molar-refractivity contribution >= 4 is 42.8 Å². The molecule has 0 atom stereocenters. The number of aryl methyl sites for hydroxylation is 1. The molecule has 1 N–H and O–H groups in total. The average molecular weight is 347 g/mol. The van der Waals surface area contributed by atoms with Gasteiger partial charge in [-0.25, -0.2) is 0 Å². The quantitative estimate of drug-likeness (QED) is 0.892. The lowest BCUT2D eigenvalue weighted by atomic mass is 10.1. The summed E-state index contributed by atoms with van der Waals surface area (Å²) < 4.78 is 7.91. The molecule has 16 heavy (non-hydrogen) atoms. The summed E-state index contributed by atoms with van der Waals surface area (Å²) in [4.78, 5) is 0. The second-order valence-corrected chi connectivity index (χ2v) is 5.46. The molecule has 0 amide bonds. The summed E-state index contributed by atoms with van der Waals surface area (Å²) in [5, 5.41) is 4.44. The minimum absolute atomic E-state index is 0.779. The maximum Gasteiger partial charge on any atom is 0.148 e. The van der Waals surface area contributed by atoms with Crippen LogP contribution in [0.5, 0.6) is 0 Å². The van der Waals surface area contributed by atoms with E-state index >= 15 is 0 Å². The van der Waals surface area contributed by atoms with Gasteiger partial charge >= 0.3 is 0 Å². The Bertz CT molecular complexity index is 519. The number of hydrogen-bond acceptors (Lipinski definition) is 2. The lowest BCUT2D eigenvalue weighted by Crippen LogP contribution is -2.11. The summed E-state index contributed by atoms with van der Waals surface area (Å²) in [6.45, 7) is 5.91. The van der Waals surface area contributed by atoms with Crippen LogP contribution in [0.15, 0.2) is 25.5 Å². The highest BCUT2D eigenvalue weighted by Gasteiger charge is 2.13. The summed E-state index contributed by atoms with van der Waals surface area (Å²) in [5.74, 6) is 1.01. The highest BCUT2D eigenvalue weighted by Crippen LogP contribution is 2.33. The highest BCUT2D eigenvalue weighted by atomic mass is 79.9. The standard InChI is InChI=1S/C12H13Br2NO/c1-3-15-6-11-7(2)9-4-8(13)5-10(14)12(9)16-11/h4-5,15H,3,6H2,1-2H3. The maximum atomic E-state index is 5.86. The van der Waals surface area contributed by atoms with E-state index in [9.17, 15) is 0 Å². The van der Waals surface area contributed by atoms with Gasteiger partial charge in [0.2, 0.25) is 0 Å². The molecular weight excluding hydrogens is 334 g/mol. The number of hydrogen-bond donors (Lipinski definition) is 1. The Kier molecular flexibility index (Phi) is 3.72. The number of furan rings is 1. The van der Waals surface area contributed by atoms with Gasteiger partial charge in [0.15, 0.2) is 0 Å². The van der Waals surface area contributed by atoms with Crippen LogP contribution in [0.25, 0.3) is 11.0 Å². The van der Waals surface area contributed by atoms with Crippen molar-refractivity contribution in [1.29, 1.82) is 0 Å². The molecule has 0 radical (unpaired) electrons. The molecular formula is C12H13Br2NO. The van der Waals surface area contributed by atoms with Gasteiger partial charge < -0.3 is 9.73 Å². The van der Waals surface area contributed by atoms with E-state index in [0.29, 0.717) is 0 Å². The first-order valence-electron chi connectivity index (χ1n) is 5.21. The van der Waals surface area contributed by atoms with Crippen molar-refractivity contribution in [3.05, 3.63) is 32.4 Å². The van der Waals surface area contributed by atoms with Crippen molar-refractivity contribution < 1.29 is 4.42 Å².